The fourth-order valence-corrected chi connectivity index (χ4v) is 2.59. The second-order valence-corrected chi connectivity index (χ2v) is 5.42. The summed E-state index contributed by atoms with van der Waals surface area (Å²) in [6.07, 6.45) is 0.684. The van der Waals surface area contributed by atoms with Crippen LogP contribution in [0, 0.1) is 6.92 Å². The highest BCUT2D eigenvalue weighted by molar-refractivity contribution is 6.31. The maximum absolute atomic E-state index is 11.1. The average molecular weight is 313 g/mol. The van der Waals surface area contributed by atoms with Crippen molar-refractivity contribution in [2.24, 2.45) is 0 Å². The molecule has 0 aliphatic carbocycles. The number of carbonyl (C=O) groups excluding carboxylic acids is 1. The lowest BCUT2D eigenvalue weighted by molar-refractivity contribution is 0.112. The highest BCUT2D eigenvalue weighted by Gasteiger charge is 2.08. The minimum absolute atomic E-state index is 0. The van der Waals surface area contributed by atoms with Gasteiger partial charge in [0, 0.05) is 5.02 Å². The normalized spacial score (nSPS) is 10.3. The number of benzene rings is 3. The number of halogens is 1. The maximum Gasteiger partial charge on any atom is 0.154 e. The third kappa shape index (κ3) is 2.70. The molecule has 0 radical (unpaired) electrons. The second-order valence-electron chi connectivity index (χ2n) is 5.02. The Morgan fingerprint density at radius 1 is 1.00 bits per heavy atom. The second kappa shape index (κ2) is 6.20. The van der Waals surface area contributed by atoms with Crippen LogP contribution < -0.4 is 0 Å². The summed E-state index contributed by atoms with van der Waals surface area (Å²) in [6, 6.07) is 15.0. The van der Waals surface area contributed by atoms with Crippen molar-refractivity contribution in [2.45, 2.75) is 14.4 Å². The van der Waals surface area contributed by atoms with Gasteiger partial charge in [0.25, 0.3) is 0 Å². The van der Waals surface area contributed by atoms with E-state index in [4.69, 9.17) is 11.6 Å². The molecular formula is C19H17ClO2. The Kier molecular flexibility index (Phi) is 4.53. The van der Waals surface area contributed by atoms with Crippen molar-refractivity contribution < 1.29 is 9.90 Å². The smallest absolute Gasteiger partial charge is 0.154 e. The Bertz CT molecular complexity index is 853. The quantitative estimate of drug-likeness (QED) is 0.623. The van der Waals surface area contributed by atoms with Crippen LogP contribution in [0.2, 0.25) is 5.02 Å². The number of fused-ring (bicyclic) bond motifs is 1. The molecule has 112 valence electrons. The molecule has 3 aromatic carbocycles. The van der Waals surface area contributed by atoms with E-state index >= 15 is 0 Å². The molecule has 2 nitrogen and oxygen atoms in total. The SMILES string of the molecule is C.Cc1cc(-c2ccc3c(C=O)c(O)ccc3c2)ccc1Cl. The summed E-state index contributed by atoms with van der Waals surface area (Å²) < 4.78 is 0. The van der Waals surface area contributed by atoms with Gasteiger partial charge in [-0.15, -0.1) is 0 Å². The van der Waals surface area contributed by atoms with Crippen LogP contribution in [-0.2, 0) is 0 Å². The maximum atomic E-state index is 11.1. The molecule has 0 saturated heterocycles. The van der Waals surface area contributed by atoms with Crippen molar-refractivity contribution in [3.63, 3.8) is 0 Å². The number of hydrogen-bond acceptors (Lipinski definition) is 2. The summed E-state index contributed by atoms with van der Waals surface area (Å²) >= 11 is 6.05. The van der Waals surface area contributed by atoms with E-state index in [0.717, 1.165) is 32.5 Å². The highest BCUT2D eigenvalue weighted by atomic mass is 35.5. The van der Waals surface area contributed by atoms with E-state index in [1.54, 1.807) is 6.07 Å². The Labute approximate surface area is 135 Å². The summed E-state index contributed by atoms with van der Waals surface area (Å²) in [5, 5.41) is 12.1. The molecule has 3 aromatic rings. The predicted molar refractivity (Wildman–Crippen MR) is 92.9 cm³/mol. The van der Waals surface area contributed by atoms with E-state index in [9.17, 15) is 9.90 Å². The number of phenolic OH excluding ortho intramolecular Hbond substituents is 1. The summed E-state index contributed by atoms with van der Waals surface area (Å²) in [4.78, 5) is 11.1. The molecule has 0 amide bonds. The fraction of sp³-hybridized carbons (Fsp3) is 0.105. The Hall–Kier alpha value is -2.32. The Morgan fingerprint density at radius 3 is 2.36 bits per heavy atom. The molecule has 0 aliphatic heterocycles. The van der Waals surface area contributed by atoms with Crippen molar-refractivity contribution in [2.75, 3.05) is 0 Å². The van der Waals surface area contributed by atoms with E-state index in [2.05, 4.69) is 0 Å². The van der Waals surface area contributed by atoms with E-state index in [1.165, 1.54) is 0 Å². The molecule has 0 atom stereocenters. The first-order valence-corrected chi connectivity index (χ1v) is 6.95. The molecule has 1 N–H and O–H groups in total. The molecule has 0 heterocycles. The van der Waals surface area contributed by atoms with Crippen molar-refractivity contribution in [3.8, 4) is 16.9 Å². The molecular weight excluding hydrogens is 296 g/mol. The van der Waals surface area contributed by atoms with E-state index < -0.39 is 0 Å². The van der Waals surface area contributed by atoms with Gasteiger partial charge in [-0.3, -0.25) is 4.79 Å². The first-order chi connectivity index (χ1) is 10.1. The van der Waals surface area contributed by atoms with Crippen molar-refractivity contribution in [1.29, 1.82) is 0 Å². The molecule has 0 aliphatic rings. The fourth-order valence-electron chi connectivity index (χ4n) is 2.47. The van der Waals surface area contributed by atoms with Crippen molar-refractivity contribution in [3.05, 3.63) is 64.7 Å². The Balaban J connectivity index is 0.00000176. The monoisotopic (exact) mass is 312 g/mol. The van der Waals surface area contributed by atoms with Gasteiger partial charge < -0.3 is 5.11 Å². The third-order valence-corrected chi connectivity index (χ3v) is 4.07. The molecule has 3 heteroatoms. The van der Waals surface area contributed by atoms with Crippen molar-refractivity contribution in [1.82, 2.24) is 0 Å². The van der Waals surface area contributed by atoms with Crippen LogP contribution in [0.1, 0.15) is 23.3 Å². The van der Waals surface area contributed by atoms with Crippen LogP contribution in [0.25, 0.3) is 21.9 Å². The zero-order valence-corrected chi connectivity index (χ0v) is 12.2. The van der Waals surface area contributed by atoms with Gasteiger partial charge >= 0.3 is 0 Å². The lowest BCUT2D eigenvalue weighted by Gasteiger charge is -2.08. The molecule has 22 heavy (non-hydrogen) atoms. The van der Waals surface area contributed by atoms with Gasteiger partial charge in [0.2, 0.25) is 0 Å². The van der Waals surface area contributed by atoms with Crippen LogP contribution in [0.4, 0.5) is 0 Å². The number of hydrogen-bond donors (Lipinski definition) is 1. The van der Waals surface area contributed by atoms with Gasteiger partial charge in [-0.05, 0) is 58.7 Å². The molecule has 0 unspecified atom stereocenters. The van der Waals surface area contributed by atoms with Gasteiger partial charge in [0.1, 0.15) is 5.75 Å². The number of aryl methyl sites for hydroxylation is 1. The predicted octanol–water partition coefficient (Wildman–Crippen LogP) is 5.62. The van der Waals surface area contributed by atoms with Gasteiger partial charge in [0.05, 0.1) is 5.56 Å². The minimum Gasteiger partial charge on any atom is -0.507 e. The van der Waals surface area contributed by atoms with Crippen molar-refractivity contribution >= 4 is 28.7 Å². The van der Waals surface area contributed by atoms with Crippen LogP contribution in [-0.4, -0.2) is 11.4 Å². The summed E-state index contributed by atoms with van der Waals surface area (Å²) in [7, 11) is 0. The zero-order chi connectivity index (χ0) is 15.0. The molecule has 0 fully saturated rings. The molecule has 0 bridgehead atoms. The molecule has 3 rings (SSSR count). The first kappa shape index (κ1) is 16.1. The summed E-state index contributed by atoms with van der Waals surface area (Å²) in [5.74, 6) is 0.00703. The van der Waals surface area contributed by atoms with E-state index in [0.29, 0.717) is 11.8 Å². The van der Waals surface area contributed by atoms with Crippen LogP contribution in [0.3, 0.4) is 0 Å². The van der Waals surface area contributed by atoms with Gasteiger partial charge in [-0.2, -0.15) is 0 Å². The van der Waals surface area contributed by atoms with Gasteiger partial charge in [0.15, 0.2) is 6.29 Å². The number of aldehydes is 1. The van der Waals surface area contributed by atoms with Crippen LogP contribution >= 0.6 is 11.6 Å². The average Bonchev–Trinajstić information content (AvgIpc) is 2.49. The van der Waals surface area contributed by atoms with Crippen LogP contribution in [0.15, 0.2) is 48.5 Å². The molecule has 0 aromatic heterocycles. The van der Waals surface area contributed by atoms with Gasteiger partial charge in [-0.25, -0.2) is 0 Å². The standard InChI is InChI=1S/C18H13ClO2.CH4/c1-11-8-12(3-6-17(11)19)13-2-5-15-14(9-13)4-7-18(21)16(15)10-20;/h2-10,21H,1H3;1H4. The molecule has 0 spiro atoms. The first-order valence-electron chi connectivity index (χ1n) is 6.57. The largest absolute Gasteiger partial charge is 0.507 e. The summed E-state index contributed by atoms with van der Waals surface area (Å²) in [6.45, 7) is 1.97. The highest BCUT2D eigenvalue weighted by Crippen LogP contribution is 2.31. The number of phenols is 1. The lowest BCUT2D eigenvalue weighted by atomic mass is 9.97. The number of aromatic hydroxyl groups is 1. The number of carbonyl (C=O) groups is 1. The van der Waals surface area contributed by atoms with Gasteiger partial charge in [-0.1, -0.05) is 43.3 Å². The van der Waals surface area contributed by atoms with E-state index in [-0.39, 0.29) is 13.2 Å². The molecule has 0 saturated carbocycles. The summed E-state index contributed by atoms with van der Waals surface area (Å²) in [5.41, 5.74) is 3.46. The Morgan fingerprint density at radius 2 is 1.68 bits per heavy atom. The van der Waals surface area contributed by atoms with E-state index in [1.807, 2.05) is 49.4 Å². The van der Waals surface area contributed by atoms with Crippen LogP contribution in [0.5, 0.6) is 5.75 Å². The zero-order valence-electron chi connectivity index (χ0n) is 11.4. The minimum atomic E-state index is 0. The lowest BCUT2D eigenvalue weighted by Crippen LogP contribution is -1.87. The topological polar surface area (TPSA) is 37.3 Å². The number of rotatable bonds is 2. The third-order valence-electron chi connectivity index (χ3n) is 3.65.